The number of ether oxygens (including phenoxy) is 3. The summed E-state index contributed by atoms with van der Waals surface area (Å²) in [7, 11) is 2.75. The minimum Gasteiger partial charge on any atom is -0.469 e. The van der Waals surface area contributed by atoms with E-state index in [0.29, 0.717) is 54.0 Å². The van der Waals surface area contributed by atoms with Crippen LogP contribution in [-0.4, -0.2) is 97.2 Å². The van der Waals surface area contributed by atoms with Crippen LogP contribution in [0.1, 0.15) is 110 Å². The molecule has 12 nitrogen and oxygen atoms in total. The summed E-state index contributed by atoms with van der Waals surface area (Å²) >= 11 is 2.84. The molecule has 59 heavy (non-hydrogen) atoms. The molecule has 0 saturated carbocycles. The first-order valence-electron chi connectivity index (χ1n) is 20.2. The number of aliphatic hydroxyl groups excluding tert-OH is 2. The summed E-state index contributed by atoms with van der Waals surface area (Å²) in [6.07, 6.45) is 4.53. The normalized spacial score (nSPS) is 18.9. The Labute approximate surface area is 355 Å². The second-order valence-corrected chi connectivity index (χ2v) is 17.3. The summed E-state index contributed by atoms with van der Waals surface area (Å²) in [5.41, 5.74) is 12.6. The molecule has 3 aromatic rings. The highest BCUT2D eigenvalue weighted by atomic mass is 32.2. The number of hydrogen-bond acceptors (Lipinski definition) is 12. The smallest absolute Gasteiger partial charge is 0.310 e. The number of carbonyl (C=O) groups is 3. The molecule has 8 bridgehead atoms. The summed E-state index contributed by atoms with van der Waals surface area (Å²) in [5.74, 6) is 0.790. The quantitative estimate of drug-likeness (QED) is 0.102. The Kier molecular flexibility index (Phi) is 16.2. The lowest BCUT2D eigenvalue weighted by Crippen LogP contribution is -2.36. The van der Waals surface area contributed by atoms with Crippen molar-refractivity contribution >= 4 is 79.9 Å². The van der Waals surface area contributed by atoms with E-state index in [1.165, 1.54) is 26.0 Å². The van der Waals surface area contributed by atoms with Gasteiger partial charge in [0.1, 0.15) is 5.44 Å². The number of fused-ring (bicyclic) bond motifs is 8. The number of aliphatic hydroxyl groups is 2. The molecule has 6 rings (SSSR count). The van der Waals surface area contributed by atoms with Crippen molar-refractivity contribution in [3.63, 3.8) is 0 Å². The molecule has 4 N–H and O–H groups in total. The van der Waals surface area contributed by atoms with E-state index in [9.17, 15) is 24.6 Å². The van der Waals surface area contributed by atoms with Gasteiger partial charge >= 0.3 is 11.9 Å². The number of thioether (sulfide) groups is 2. The van der Waals surface area contributed by atoms with Gasteiger partial charge in [-0.15, -0.1) is 11.8 Å². The monoisotopic (exact) mass is 846 g/mol. The molecule has 0 amide bonds. The number of rotatable bonds is 12. The fourth-order valence-corrected chi connectivity index (χ4v) is 9.84. The molecule has 0 aliphatic carbocycles. The number of methoxy groups -OCH3 is 2. The van der Waals surface area contributed by atoms with Crippen molar-refractivity contribution in [3.05, 3.63) is 75.4 Å². The molecule has 14 heteroatoms. The predicted octanol–water partition coefficient (Wildman–Crippen LogP) is 7.94. The van der Waals surface area contributed by atoms with Crippen LogP contribution in [0.15, 0.2) is 24.8 Å². The minimum absolute atomic E-state index is 0.0607. The lowest BCUT2D eigenvalue weighted by Gasteiger charge is -2.31. The molecule has 1 fully saturated rings. The van der Waals surface area contributed by atoms with E-state index < -0.39 is 12.1 Å². The summed E-state index contributed by atoms with van der Waals surface area (Å²) in [6.45, 7) is 16.1. The van der Waals surface area contributed by atoms with Gasteiger partial charge in [0.2, 0.25) is 5.12 Å². The number of aromatic amines is 2. The summed E-state index contributed by atoms with van der Waals surface area (Å²) in [4.78, 5) is 54.7. The largest absolute Gasteiger partial charge is 0.469 e. The number of nitrogens with one attached hydrogen (secondary N) is 2. The Morgan fingerprint density at radius 1 is 0.949 bits per heavy atom. The topological polar surface area (TPSA) is 177 Å². The zero-order chi connectivity index (χ0) is 43.0. The molecule has 3 aliphatic heterocycles. The maximum absolute atomic E-state index is 14.3. The summed E-state index contributed by atoms with van der Waals surface area (Å²) in [5, 5.41) is 19.6. The third-order valence-corrected chi connectivity index (χ3v) is 13.2. The predicted molar refractivity (Wildman–Crippen MR) is 238 cm³/mol. The highest BCUT2D eigenvalue weighted by molar-refractivity contribution is 8.14. The third kappa shape index (κ3) is 10.8. The Hall–Kier alpha value is -4.21. The van der Waals surface area contributed by atoms with Gasteiger partial charge in [-0.1, -0.05) is 45.2 Å². The maximum atomic E-state index is 14.3. The van der Waals surface area contributed by atoms with Crippen molar-refractivity contribution in [1.82, 2.24) is 19.9 Å². The second kappa shape index (κ2) is 20.9. The summed E-state index contributed by atoms with van der Waals surface area (Å²) < 4.78 is 15.3. The third-order valence-electron chi connectivity index (χ3n) is 11.0. The van der Waals surface area contributed by atoms with Crippen molar-refractivity contribution in [2.75, 3.05) is 32.3 Å². The van der Waals surface area contributed by atoms with Gasteiger partial charge in [-0.05, 0) is 86.2 Å². The molecule has 4 unspecified atom stereocenters. The van der Waals surface area contributed by atoms with E-state index in [4.69, 9.17) is 19.4 Å². The van der Waals surface area contributed by atoms with Crippen LogP contribution < -0.4 is 0 Å². The molecule has 3 aromatic heterocycles. The van der Waals surface area contributed by atoms with Gasteiger partial charge in [-0.25, -0.2) is 4.98 Å². The summed E-state index contributed by atoms with van der Waals surface area (Å²) in [6, 6.07) is 6.23. The highest BCUT2D eigenvalue weighted by Crippen LogP contribution is 2.39. The average Bonchev–Trinajstić information content (AvgIpc) is 3.93. The van der Waals surface area contributed by atoms with Gasteiger partial charge in [-0.2, -0.15) is 0 Å². The standard InChI is InChI=1S/C41H50N4O6S2.C4H8O2/c1-8-27-22(4)31-17-30-21(3)13-34(42-30)29(16-37(48)50-7)40-39(41(49)53-12-10-11-52-38-15-25(47)14-26(20-46)51-38)24(6)33(45-40)19-36-28(9-2)23(5)32(44-36)18-35(27)43-31;1-3-4(5)6-2/h8,17-19,21,25-26,38,43-44,46-47H,1,9-16,20H2,2-7H3;3H2,1-2H3. The fraction of sp³-hybridized carbons (Fsp3) is 0.489. The van der Waals surface area contributed by atoms with Crippen LogP contribution in [0.25, 0.3) is 39.3 Å². The molecule has 0 radical (unpaired) electrons. The Morgan fingerprint density at radius 2 is 1.66 bits per heavy atom. The van der Waals surface area contributed by atoms with Gasteiger partial charge in [0, 0.05) is 75.5 Å². The van der Waals surface area contributed by atoms with E-state index in [-0.39, 0.29) is 41.6 Å². The molecule has 0 spiro atoms. The van der Waals surface area contributed by atoms with Crippen LogP contribution in [0.5, 0.6) is 0 Å². The Bertz CT molecular complexity index is 2250. The van der Waals surface area contributed by atoms with Crippen molar-refractivity contribution < 1.29 is 38.8 Å². The van der Waals surface area contributed by atoms with Gasteiger partial charge in [-0.3, -0.25) is 19.4 Å². The van der Waals surface area contributed by atoms with Gasteiger partial charge in [0.15, 0.2) is 0 Å². The lowest BCUT2D eigenvalue weighted by molar-refractivity contribution is -0.140. The van der Waals surface area contributed by atoms with Crippen molar-refractivity contribution in [3.8, 4) is 0 Å². The van der Waals surface area contributed by atoms with Crippen LogP contribution in [-0.2, 0) is 47.9 Å². The van der Waals surface area contributed by atoms with E-state index in [1.807, 2.05) is 19.1 Å². The maximum Gasteiger partial charge on any atom is 0.310 e. The number of nitrogens with zero attached hydrogens (tertiary/aromatic N) is 2. The fourth-order valence-electron chi connectivity index (χ4n) is 7.62. The zero-order valence-electron chi connectivity index (χ0n) is 35.5. The van der Waals surface area contributed by atoms with E-state index in [0.717, 1.165) is 79.9 Å². The Balaban J connectivity index is 0.00000102. The molecule has 1 saturated heterocycles. The van der Waals surface area contributed by atoms with E-state index in [1.54, 1.807) is 18.7 Å². The first-order chi connectivity index (χ1) is 28.3. The number of aryl methyl sites for hydroxylation is 3. The molecule has 3 aliphatic rings. The number of hydrogen-bond donors (Lipinski definition) is 4. The number of aromatic nitrogens is 4. The van der Waals surface area contributed by atoms with Crippen LogP contribution >= 0.6 is 23.5 Å². The van der Waals surface area contributed by atoms with Crippen LogP contribution in [0.3, 0.4) is 0 Å². The van der Waals surface area contributed by atoms with Crippen molar-refractivity contribution in [2.24, 2.45) is 0 Å². The van der Waals surface area contributed by atoms with E-state index >= 15 is 0 Å². The molecule has 318 valence electrons. The van der Waals surface area contributed by atoms with Crippen molar-refractivity contribution in [2.45, 2.75) is 110 Å². The molecular weight excluding hydrogens is 789 g/mol. The molecule has 6 heterocycles. The SMILES string of the molecule is C=Cc1c(C)c2cc3nc(c(CC(=O)OC)c4nc(cc5[nH]c(cc1[nH]2)c(C)c5CC)C(C)=C4C(=O)SCCCSC1CC(O)CC(CO)O1)CC3C.CCC(=O)OC. The average molecular weight is 847 g/mol. The Morgan fingerprint density at radius 3 is 2.31 bits per heavy atom. The van der Waals surface area contributed by atoms with Crippen molar-refractivity contribution in [1.29, 1.82) is 0 Å². The minimum atomic E-state index is -0.489. The molecule has 0 aromatic carbocycles. The number of esters is 2. The first-order valence-corrected chi connectivity index (χ1v) is 22.3. The van der Waals surface area contributed by atoms with Gasteiger partial charge in [0.25, 0.3) is 0 Å². The van der Waals surface area contributed by atoms with Crippen LogP contribution in [0, 0.1) is 13.8 Å². The number of carbonyl (C=O) groups excluding carboxylic acids is 3. The molecule has 4 atom stereocenters. The second-order valence-electron chi connectivity index (χ2n) is 15.0. The number of allylic oxidation sites excluding steroid dienone is 1. The van der Waals surface area contributed by atoms with Gasteiger partial charge < -0.3 is 34.4 Å². The first kappa shape index (κ1) is 45.9. The highest BCUT2D eigenvalue weighted by Gasteiger charge is 2.31. The lowest BCUT2D eigenvalue weighted by atomic mass is 9.97. The van der Waals surface area contributed by atoms with Crippen LogP contribution in [0.4, 0.5) is 0 Å². The van der Waals surface area contributed by atoms with E-state index in [2.05, 4.69) is 61.1 Å². The van der Waals surface area contributed by atoms with Gasteiger partial charge in [0.05, 0.1) is 56.4 Å². The number of H-pyrrole nitrogens is 2. The molecular formula is C45H58N4O8S2. The zero-order valence-corrected chi connectivity index (χ0v) is 37.1. The van der Waals surface area contributed by atoms with Crippen LogP contribution in [0.2, 0.25) is 0 Å².